The number of aryl methyl sites for hydroxylation is 1. The lowest BCUT2D eigenvalue weighted by Crippen LogP contribution is -2.04. The zero-order valence-electron chi connectivity index (χ0n) is 16.1. The first-order valence-corrected chi connectivity index (χ1v) is 9.75. The quantitative estimate of drug-likeness (QED) is 0.477. The smallest absolute Gasteiger partial charge is 0.129 e. The maximum absolute atomic E-state index is 9.79. The van der Waals surface area contributed by atoms with Crippen LogP contribution < -0.4 is 4.74 Å². The maximum Gasteiger partial charge on any atom is 0.129 e. The Bertz CT molecular complexity index is 1050. The van der Waals surface area contributed by atoms with Crippen molar-refractivity contribution < 1.29 is 9.84 Å². The number of aromatic nitrogens is 1. The average molecular weight is 371 g/mol. The molecular formula is C25H25NO2. The number of aliphatic hydroxyl groups excluding tert-OH is 1. The second-order valence-corrected chi connectivity index (χ2v) is 7.02. The SMILES string of the molecule is CCc1cc2c(OCc3ccccc3)cc(CO)cc2n1Cc1ccccc1. The third-order valence-electron chi connectivity index (χ3n) is 5.09. The van der Waals surface area contributed by atoms with Crippen LogP contribution in [0.1, 0.15) is 29.3 Å². The third-order valence-corrected chi connectivity index (χ3v) is 5.09. The van der Waals surface area contributed by atoms with Gasteiger partial charge in [-0.25, -0.2) is 0 Å². The van der Waals surface area contributed by atoms with Gasteiger partial charge in [0, 0.05) is 17.6 Å². The molecule has 0 bridgehead atoms. The molecule has 3 aromatic carbocycles. The Labute approximate surface area is 165 Å². The molecule has 4 aromatic rings. The summed E-state index contributed by atoms with van der Waals surface area (Å²) in [7, 11) is 0. The Morgan fingerprint density at radius 2 is 1.50 bits per heavy atom. The molecule has 0 aliphatic rings. The van der Waals surface area contributed by atoms with E-state index in [1.54, 1.807) is 0 Å². The van der Waals surface area contributed by atoms with Gasteiger partial charge in [-0.2, -0.15) is 0 Å². The molecular weight excluding hydrogens is 346 g/mol. The molecule has 0 radical (unpaired) electrons. The molecule has 0 saturated carbocycles. The maximum atomic E-state index is 9.79. The minimum atomic E-state index is -0.00435. The van der Waals surface area contributed by atoms with Gasteiger partial charge in [0.2, 0.25) is 0 Å². The number of hydrogen-bond acceptors (Lipinski definition) is 2. The summed E-state index contributed by atoms with van der Waals surface area (Å²) in [5.41, 5.74) is 5.62. The standard InChI is InChI=1S/C25H25NO2/c1-2-22-15-23-24(26(22)16-19-9-5-3-6-10-19)13-21(17-27)14-25(23)28-18-20-11-7-4-8-12-20/h3-15,27H,2,16-18H2,1H3. The van der Waals surface area contributed by atoms with Gasteiger partial charge in [0.1, 0.15) is 12.4 Å². The molecule has 1 aromatic heterocycles. The lowest BCUT2D eigenvalue weighted by Gasteiger charge is -2.13. The minimum absolute atomic E-state index is 0.00435. The number of benzene rings is 3. The highest BCUT2D eigenvalue weighted by atomic mass is 16.5. The van der Waals surface area contributed by atoms with Gasteiger partial charge < -0.3 is 14.4 Å². The normalized spacial score (nSPS) is 11.1. The zero-order chi connectivity index (χ0) is 19.3. The molecule has 0 amide bonds. The van der Waals surface area contributed by atoms with E-state index in [-0.39, 0.29) is 6.61 Å². The van der Waals surface area contributed by atoms with Crippen LogP contribution in [-0.2, 0) is 26.2 Å². The van der Waals surface area contributed by atoms with Crippen LogP contribution in [0.25, 0.3) is 10.9 Å². The van der Waals surface area contributed by atoms with Gasteiger partial charge >= 0.3 is 0 Å². The average Bonchev–Trinajstić information content (AvgIpc) is 3.11. The third kappa shape index (κ3) is 3.80. The van der Waals surface area contributed by atoms with E-state index in [1.165, 1.54) is 11.3 Å². The minimum Gasteiger partial charge on any atom is -0.488 e. The molecule has 0 fully saturated rings. The van der Waals surface area contributed by atoms with Crippen LogP contribution >= 0.6 is 0 Å². The van der Waals surface area contributed by atoms with Gasteiger partial charge in [0.15, 0.2) is 0 Å². The second kappa shape index (κ2) is 8.32. The predicted octanol–water partition coefficient (Wildman–Crippen LogP) is 5.32. The van der Waals surface area contributed by atoms with Crippen molar-refractivity contribution in [3.63, 3.8) is 0 Å². The molecule has 0 unspecified atom stereocenters. The molecule has 0 saturated heterocycles. The van der Waals surface area contributed by atoms with Crippen LogP contribution in [-0.4, -0.2) is 9.67 Å². The molecule has 1 heterocycles. The van der Waals surface area contributed by atoms with Crippen molar-refractivity contribution in [1.29, 1.82) is 0 Å². The lowest BCUT2D eigenvalue weighted by molar-refractivity contribution is 0.278. The Balaban J connectivity index is 1.75. The van der Waals surface area contributed by atoms with Gasteiger partial charge in [0.25, 0.3) is 0 Å². The lowest BCUT2D eigenvalue weighted by atomic mass is 10.1. The van der Waals surface area contributed by atoms with E-state index in [4.69, 9.17) is 4.74 Å². The monoisotopic (exact) mass is 371 g/mol. The Morgan fingerprint density at radius 3 is 2.14 bits per heavy atom. The fourth-order valence-electron chi connectivity index (χ4n) is 3.63. The number of nitrogens with zero attached hydrogens (tertiary/aromatic N) is 1. The van der Waals surface area contributed by atoms with E-state index in [0.717, 1.165) is 40.7 Å². The molecule has 28 heavy (non-hydrogen) atoms. The molecule has 1 N–H and O–H groups in total. The molecule has 4 rings (SSSR count). The van der Waals surface area contributed by atoms with Crippen molar-refractivity contribution in [2.45, 2.75) is 33.1 Å². The summed E-state index contributed by atoms with van der Waals surface area (Å²) in [4.78, 5) is 0. The summed E-state index contributed by atoms with van der Waals surface area (Å²) in [6.07, 6.45) is 0.939. The largest absolute Gasteiger partial charge is 0.488 e. The van der Waals surface area contributed by atoms with Crippen molar-refractivity contribution in [1.82, 2.24) is 4.57 Å². The fourth-order valence-corrected chi connectivity index (χ4v) is 3.63. The van der Waals surface area contributed by atoms with Crippen molar-refractivity contribution in [3.05, 3.63) is 101 Å². The molecule has 0 spiro atoms. The summed E-state index contributed by atoms with van der Waals surface area (Å²) in [5.74, 6) is 0.826. The molecule has 0 aliphatic heterocycles. The first-order valence-electron chi connectivity index (χ1n) is 9.75. The zero-order valence-corrected chi connectivity index (χ0v) is 16.1. The van der Waals surface area contributed by atoms with Crippen LogP contribution in [0.15, 0.2) is 78.9 Å². The van der Waals surface area contributed by atoms with Gasteiger partial charge in [-0.05, 0) is 41.3 Å². The van der Waals surface area contributed by atoms with Crippen molar-refractivity contribution in [2.75, 3.05) is 0 Å². The Hall–Kier alpha value is -3.04. The number of aliphatic hydroxyl groups is 1. The molecule has 142 valence electrons. The molecule has 3 nitrogen and oxygen atoms in total. The summed E-state index contributed by atoms with van der Waals surface area (Å²) >= 11 is 0. The van der Waals surface area contributed by atoms with E-state index >= 15 is 0 Å². The van der Waals surface area contributed by atoms with Crippen molar-refractivity contribution in [3.8, 4) is 5.75 Å². The summed E-state index contributed by atoms with van der Waals surface area (Å²) < 4.78 is 8.52. The Kier molecular flexibility index (Phi) is 5.45. The summed E-state index contributed by atoms with van der Waals surface area (Å²) in [5, 5.41) is 10.9. The van der Waals surface area contributed by atoms with E-state index in [1.807, 2.05) is 30.3 Å². The van der Waals surface area contributed by atoms with Crippen molar-refractivity contribution in [2.24, 2.45) is 0 Å². The topological polar surface area (TPSA) is 34.4 Å². The van der Waals surface area contributed by atoms with Crippen LogP contribution in [0.3, 0.4) is 0 Å². The van der Waals surface area contributed by atoms with Crippen LogP contribution in [0.4, 0.5) is 0 Å². The second-order valence-electron chi connectivity index (χ2n) is 7.02. The fraction of sp³-hybridized carbons (Fsp3) is 0.200. The number of fused-ring (bicyclic) bond motifs is 1. The Morgan fingerprint density at radius 1 is 0.821 bits per heavy atom. The molecule has 0 atom stereocenters. The summed E-state index contributed by atoms with van der Waals surface area (Å²) in [6, 6.07) is 26.9. The van der Waals surface area contributed by atoms with Crippen molar-refractivity contribution >= 4 is 10.9 Å². The van der Waals surface area contributed by atoms with Gasteiger partial charge in [-0.3, -0.25) is 0 Å². The highest BCUT2D eigenvalue weighted by molar-refractivity contribution is 5.88. The highest BCUT2D eigenvalue weighted by Gasteiger charge is 2.14. The predicted molar refractivity (Wildman–Crippen MR) is 114 cm³/mol. The van der Waals surface area contributed by atoms with E-state index in [0.29, 0.717) is 6.61 Å². The highest BCUT2D eigenvalue weighted by Crippen LogP contribution is 2.32. The van der Waals surface area contributed by atoms with E-state index in [9.17, 15) is 5.11 Å². The van der Waals surface area contributed by atoms with E-state index < -0.39 is 0 Å². The van der Waals surface area contributed by atoms with E-state index in [2.05, 4.69) is 60.0 Å². The van der Waals surface area contributed by atoms with Gasteiger partial charge in [0.05, 0.1) is 12.1 Å². The molecule has 0 aliphatic carbocycles. The van der Waals surface area contributed by atoms with Crippen LogP contribution in [0.2, 0.25) is 0 Å². The van der Waals surface area contributed by atoms with Crippen LogP contribution in [0.5, 0.6) is 5.75 Å². The first kappa shape index (κ1) is 18.3. The van der Waals surface area contributed by atoms with Crippen LogP contribution in [0, 0.1) is 0 Å². The molecule has 3 heteroatoms. The summed E-state index contributed by atoms with van der Waals surface area (Å²) in [6.45, 7) is 3.49. The first-order chi connectivity index (χ1) is 13.8. The van der Waals surface area contributed by atoms with Gasteiger partial charge in [-0.1, -0.05) is 67.6 Å². The van der Waals surface area contributed by atoms with Gasteiger partial charge in [-0.15, -0.1) is 0 Å². The number of rotatable bonds is 7. The number of ether oxygens (including phenoxy) is 1. The number of hydrogen-bond donors (Lipinski definition) is 1.